The van der Waals surface area contributed by atoms with Gasteiger partial charge in [-0.2, -0.15) is 0 Å². The molecule has 0 aliphatic rings. The van der Waals surface area contributed by atoms with Gasteiger partial charge >= 0.3 is 0 Å². The number of fused-ring (bicyclic) bond motifs is 1. The number of aliphatic imine (C=N–C) groups is 1. The van der Waals surface area contributed by atoms with Crippen LogP contribution in [0.3, 0.4) is 0 Å². The molecule has 1 aromatic heterocycles. The number of phenols is 1. The van der Waals surface area contributed by atoms with Crippen LogP contribution < -0.4 is 0 Å². The minimum absolute atomic E-state index is 0.113. The van der Waals surface area contributed by atoms with Gasteiger partial charge in [0.15, 0.2) is 4.34 Å². The Morgan fingerprint density at radius 1 is 0.879 bits per heavy atom. The van der Waals surface area contributed by atoms with E-state index in [1.165, 1.54) is 11.1 Å². The maximum absolute atomic E-state index is 9.94. The quantitative estimate of drug-likeness (QED) is 0.194. The molecule has 0 saturated carbocycles. The first-order valence-corrected chi connectivity index (χ1v) is 12.4. The van der Waals surface area contributed by atoms with Gasteiger partial charge in [-0.3, -0.25) is 4.99 Å². The third kappa shape index (κ3) is 5.11. The van der Waals surface area contributed by atoms with Gasteiger partial charge in [0, 0.05) is 16.8 Å². The number of rotatable bonds is 6. The van der Waals surface area contributed by atoms with E-state index in [1.54, 1.807) is 41.4 Å². The molecule has 33 heavy (non-hydrogen) atoms. The molecule has 3 nitrogen and oxygen atoms in total. The largest absolute Gasteiger partial charge is 0.507 e. The van der Waals surface area contributed by atoms with E-state index in [0.717, 1.165) is 25.3 Å². The van der Waals surface area contributed by atoms with E-state index in [4.69, 9.17) is 16.6 Å². The van der Waals surface area contributed by atoms with E-state index >= 15 is 0 Å². The van der Waals surface area contributed by atoms with Gasteiger partial charge in [-0.1, -0.05) is 78.0 Å². The number of aromatic hydroxyl groups is 1. The van der Waals surface area contributed by atoms with Crippen molar-refractivity contribution in [3.05, 3.63) is 119 Å². The lowest BCUT2D eigenvalue weighted by atomic mass is 10.0. The first-order chi connectivity index (χ1) is 16.2. The molecule has 1 heterocycles. The first kappa shape index (κ1) is 21.7. The lowest BCUT2D eigenvalue weighted by Gasteiger charge is -2.16. The highest BCUT2D eigenvalue weighted by atomic mass is 35.5. The van der Waals surface area contributed by atoms with Crippen LogP contribution in [0.5, 0.6) is 5.75 Å². The van der Waals surface area contributed by atoms with E-state index in [9.17, 15) is 5.11 Å². The molecular weight excluding hydrogens is 468 g/mol. The fourth-order valence-electron chi connectivity index (χ4n) is 3.46. The summed E-state index contributed by atoms with van der Waals surface area (Å²) in [6.07, 6.45) is 1.68. The van der Waals surface area contributed by atoms with Crippen LogP contribution in [-0.4, -0.2) is 16.3 Å². The van der Waals surface area contributed by atoms with Crippen LogP contribution in [0.2, 0.25) is 5.02 Å². The molecule has 0 fully saturated rings. The van der Waals surface area contributed by atoms with Crippen molar-refractivity contribution >= 4 is 56.8 Å². The third-order valence-electron chi connectivity index (χ3n) is 5.14. The number of hydrogen-bond acceptors (Lipinski definition) is 5. The van der Waals surface area contributed by atoms with Gasteiger partial charge in [-0.15, -0.1) is 11.3 Å². The molecule has 1 N–H and O–H groups in total. The lowest BCUT2D eigenvalue weighted by Crippen LogP contribution is -1.96. The molecule has 5 aromatic rings. The van der Waals surface area contributed by atoms with Crippen LogP contribution >= 0.6 is 34.7 Å². The van der Waals surface area contributed by atoms with E-state index < -0.39 is 0 Å². The highest BCUT2D eigenvalue weighted by molar-refractivity contribution is 8.01. The summed E-state index contributed by atoms with van der Waals surface area (Å²) in [7, 11) is 0. The maximum Gasteiger partial charge on any atom is 0.152 e. The summed E-state index contributed by atoms with van der Waals surface area (Å²) in [6, 6.07) is 31.6. The molecule has 0 unspecified atom stereocenters. The Kier molecular flexibility index (Phi) is 6.44. The molecule has 0 aliphatic carbocycles. The summed E-state index contributed by atoms with van der Waals surface area (Å²) in [4.78, 5) is 9.39. The summed E-state index contributed by atoms with van der Waals surface area (Å²) >= 11 is 9.52. The molecule has 162 valence electrons. The van der Waals surface area contributed by atoms with Crippen molar-refractivity contribution < 1.29 is 5.11 Å². The van der Waals surface area contributed by atoms with Crippen LogP contribution in [-0.2, 0) is 0 Å². The van der Waals surface area contributed by atoms with Crippen molar-refractivity contribution in [2.75, 3.05) is 0 Å². The Morgan fingerprint density at radius 2 is 1.61 bits per heavy atom. The molecule has 0 aliphatic heterocycles. The molecule has 4 aromatic carbocycles. The van der Waals surface area contributed by atoms with Gasteiger partial charge in [0.2, 0.25) is 0 Å². The number of aromatic nitrogens is 1. The van der Waals surface area contributed by atoms with E-state index in [2.05, 4.69) is 41.4 Å². The van der Waals surface area contributed by atoms with Crippen LogP contribution in [0.15, 0.2) is 106 Å². The summed E-state index contributed by atoms with van der Waals surface area (Å²) in [5.74, 6) is 0.216. The van der Waals surface area contributed by atoms with E-state index in [-0.39, 0.29) is 11.0 Å². The van der Waals surface area contributed by atoms with Gasteiger partial charge in [0.05, 0.1) is 21.2 Å². The first-order valence-electron chi connectivity index (χ1n) is 10.4. The minimum atomic E-state index is 0.113. The van der Waals surface area contributed by atoms with Crippen LogP contribution in [0.25, 0.3) is 10.2 Å². The highest BCUT2D eigenvalue weighted by Crippen LogP contribution is 2.43. The van der Waals surface area contributed by atoms with Crippen LogP contribution in [0, 0.1) is 0 Å². The SMILES string of the molecule is Oc1ccccc1C=Nc1ccc2nc(S[C@H](c3ccccc3)c3ccc(Cl)cc3)sc2c1. The number of phenolic OH excluding ortho intramolecular Hbond substituents is 1. The number of hydrogen-bond donors (Lipinski definition) is 1. The number of thiazole rings is 1. The van der Waals surface area contributed by atoms with Crippen molar-refractivity contribution in [3.8, 4) is 5.75 Å². The zero-order chi connectivity index (χ0) is 22.6. The Labute approximate surface area is 205 Å². The molecule has 0 bridgehead atoms. The number of nitrogens with zero attached hydrogens (tertiary/aromatic N) is 2. The predicted octanol–water partition coefficient (Wildman–Crippen LogP) is 8.29. The van der Waals surface area contributed by atoms with Crippen molar-refractivity contribution in [1.29, 1.82) is 0 Å². The molecule has 6 heteroatoms. The second-order valence-corrected chi connectivity index (χ2v) is 10.2. The number of para-hydroxylation sites is 1. The van der Waals surface area contributed by atoms with Gasteiger partial charge in [-0.05, 0) is 53.6 Å². The van der Waals surface area contributed by atoms with Crippen molar-refractivity contribution in [3.63, 3.8) is 0 Å². The maximum atomic E-state index is 9.94. The molecule has 0 saturated heterocycles. The Morgan fingerprint density at radius 3 is 2.39 bits per heavy atom. The molecule has 5 rings (SSSR count). The average Bonchev–Trinajstić information content (AvgIpc) is 3.25. The standard InChI is InChI=1S/C27H19ClN2OS2/c28-21-12-10-19(11-13-21)26(18-6-2-1-3-7-18)33-27-30-23-15-14-22(16-25(23)32-27)29-17-20-8-4-5-9-24(20)31/h1-17,26,31H/t26-/m1/s1. The highest BCUT2D eigenvalue weighted by Gasteiger charge is 2.18. The topological polar surface area (TPSA) is 45.5 Å². The Hall–Kier alpha value is -3.12. The normalized spacial score (nSPS) is 12.4. The molecule has 0 spiro atoms. The Balaban J connectivity index is 1.44. The van der Waals surface area contributed by atoms with Gasteiger partial charge in [-0.25, -0.2) is 4.98 Å². The summed E-state index contributed by atoms with van der Waals surface area (Å²) in [6.45, 7) is 0. The summed E-state index contributed by atoms with van der Waals surface area (Å²) < 4.78 is 2.07. The molecule has 0 radical (unpaired) electrons. The fourth-order valence-corrected chi connectivity index (χ4v) is 6.00. The van der Waals surface area contributed by atoms with Crippen LogP contribution in [0.1, 0.15) is 21.9 Å². The van der Waals surface area contributed by atoms with E-state index in [1.807, 2.05) is 48.5 Å². The summed E-state index contributed by atoms with van der Waals surface area (Å²) in [5, 5.41) is 10.8. The minimum Gasteiger partial charge on any atom is -0.507 e. The number of halogens is 1. The average molecular weight is 487 g/mol. The lowest BCUT2D eigenvalue weighted by molar-refractivity contribution is 0.474. The fraction of sp³-hybridized carbons (Fsp3) is 0.0370. The number of thioether (sulfide) groups is 1. The van der Waals surface area contributed by atoms with Crippen LogP contribution in [0.4, 0.5) is 5.69 Å². The monoisotopic (exact) mass is 486 g/mol. The second-order valence-electron chi connectivity index (χ2n) is 7.41. The summed E-state index contributed by atoms with van der Waals surface area (Å²) in [5.41, 5.74) is 4.86. The van der Waals surface area contributed by atoms with Crippen molar-refractivity contribution in [2.24, 2.45) is 4.99 Å². The van der Waals surface area contributed by atoms with Crippen molar-refractivity contribution in [1.82, 2.24) is 4.98 Å². The number of benzene rings is 4. The zero-order valence-corrected chi connectivity index (χ0v) is 19.8. The van der Waals surface area contributed by atoms with Gasteiger partial charge in [0.25, 0.3) is 0 Å². The molecule has 1 atom stereocenters. The van der Waals surface area contributed by atoms with Crippen molar-refractivity contribution in [2.45, 2.75) is 9.59 Å². The third-order valence-corrected chi connectivity index (χ3v) is 7.81. The second kappa shape index (κ2) is 9.79. The van der Waals surface area contributed by atoms with E-state index in [0.29, 0.717) is 5.56 Å². The zero-order valence-electron chi connectivity index (χ0n) is 17.4. The van der Waals surface area contributed by atoms with Gasteiger partial charge in [0.1, 0.15) is 5.75 Å². The molecular formula is C27H19ClN2OS2. The molecule has 0 amide bonds. The smallest absolute Gasteiger partial charge is 0.152 e. The Bertz CT molecular complexity index is 1420. The van der Waals surface area contributed by atoms with Gasteiger partial charge < -0.3 is 5.11 Å². The predicted molar refractivity (Wildman–Crippen MR) is 141 cm³/mol.